The molecule has 1 aromatic carbocycles. The van der Waals surface area contributed by atoms with Gasteiger partial charge in [0.15, 0.2) is 5.69 Å². The van der Waals surface area contributed by atoms with Crippen LogP contribution in [-0.2, 0) is 4.79 Å². The normalized spacial score (nSPS) is 19.9. The summed E-state index contributed by atoms with van der Waals surface area (Å²) in [6, 6.07) is 12.0. The van der Waals surface area contributed by atoms with Crippen molar-refractivity contribution in [3.8, 4) is 6.07 Å². The molecule has 7 heteroatoms. The second-order valence-corrected chi connectivity index (χ2v) is 6.78. The second kappa shape index (κ2) is 7.54. The van der Waals surface area contributed by atoms with Gasteiger partial charge in [-0.15, -0.1) is 0 Å². The van der Waals surface area contributed by atoms with Gasteiger partial charge in [0, 0.05) is 31.6 Å². The molecule has 1 amide bonds. The number of piperidine rings is 1. The molecule has 0 bridgehead atoms. The van der Waals surface area contributed by atoms with Crippen molar-refractivity contribution in [3.63, 3.8) is 0 Å². The predicted molar refractivity (Wildman–Crippen MR) is 101 cm³/mol. The number of nitriles is 1. The Hall–Kier alpha value is -3.27. The number of anilines is 1. The molecule has 0 aliphatic carbocycles. The molecule has 1 aromatic heterocycles. The Kier molecular flexibility index (Phi) is 4.79. The van der Waals surface area contributed by atoms with E-state index in [0.29, 0.717) is 5.69 Å². The van der Waals surface area contributed by atoms with Crippen LogP contribution in [0.2, 0.25) is 0 Å². The van der Waals surface area contributed by atoms with Gasteiger partial charge in [0.05, 0.1) is 18.4 Å². The Morgan fingerprint density at radius 2 is 1.89 bits per heavy atom. The van der Waals surface area contributed by atoms with Gasteiger partial charge in [0.2, 0.25) is 5.91 Å². The largest absolute Gasteiger partial charge is 0.355 e. The van der Waals surface area contributed by atoms with Crippen molar-refractivity contribution in [2.45, 2.75) is 25.3 Å². The Morgan fingerprint density at radius 1 is 1.11 bits per heavy atom. The summed E-state index contributed by atoms with van der Waals surface area (Å²) >= 11 is 0. The smallest absolute Gasteiger partial charge is 0.246 e. The number of nitrogens with zero attached hydrogens (tertiary/aromatic N) is 6. The van der Waals surface area contributed by atoms with Crippen LogP contribution in [0.1, 0.15) is 36.6 Å². The van der Waals surface area contributed by atoms with Gasteiger partial charge in [-0.1, -0.05) is 30.3 Å². The molecule has 1 saturated heterocycles. The van der Waals surface area contributed by atoms with Gasteiger partial charge in [-0.05, 0) is 18.4 Å². The zero-order valence-corrected chi connectivity index (χ0v) is 14.9. The molecule has 2 aliphatic rings. The number of aromatic nitrogens is 2. The number of hydrazone groups is 1. The quantitative estimate of drug-likeness (QED) is 0.839. The van der Waals surface area contributed by atoms with Crippen LogP contribution in [0.15, 0.2) is 47.8 Å². The van der Waals surface area contributed by atoms with Gasteiger partial charge in [-0.2, -0.15) is 10.4 Å². The number of hydrogen-bond acceptors (Lipinski definition) is 6. The van der Waals surface area contributed by atoms with E-state index in [4.69, 9.17) is 5.26 Å². The molecule has 1 fully saturated rings. The minimum Gasteiger partial charge on any atom is -0.355 e. The number of hydrogen-bond donors (Lipinski definition) is 0. The van der Waals surface area contributed by atoms with Crippen molar-refractivity contribution < 1.29 is 4.79 Å². The van der Waals surface area contributed by atoms with Crippen LogP contribution in [-0.4, -0.2) is 40.2 Å². The van der Waals surface area contributed by atoms with E-state index in [2.05, 4.69) is 20.0 Å². The Balaban J connectivity index is 1.39. The summed E-state index contributed by atoms with van der Waals surface area (Å²) < 4.78 is 0. The summed E-state index contributed by atoms with van der Waals surface area (Å²) in [6.07, 6.45) is 7.21. The summed E-state index contributed by atoms with van der Waals surface area (Å²) in [7, 11) is 0. The molecule has 27 heavy (non-hydrogen) atoms. The molecule has 1 atom stereocenters. The van der Waals surface area contributed by atoms with Crippen molar-refractivity contribution >= 4 is 17.9 Å². The standard InChI is InChI=1S/C20H20N6O/c21-12-17-13-23-19(14-22-17)25-10-7-16(8-11-25)20(27)26-18(6-9-24-26)15-4-2-1-3-5-15/h1-5,9,13-14,16,18H,6-8,10-11H2. The van der Waals surface area contributed by atoms with Crippen LogP contribution in [0.4, 0.5) is 5.82 Å². The summed E-state index contributed by atoms with van der Waals surface area (Å²) in [5, 5.41) is 14.8. The van der Waals surface area contributed by atoms with Gasteiger partial charge in [0.25, 0.3) is 0 Å². The fraction of sp³-hybridized carbons (Fsp3) is 0.350. The predicted octanol–water partition coefficient (Wildman–Crippen LogP) is 2.52. The number of carbonyl (C=O) groups excluding carboxylic acids is 1. The molecule has 0 spiro atoms. The SMILES string of the molecule is N#Cc1cnc(N2CCC(C(=O)N3N=CCC3c3ccccc3)CC2)cn1. The van der Waals surface area contributed by atoms with E-state index < -0.39 is 0 Å². The van der Waals surface area contributed by atoms with Crippen LogP contribution < -0.4 is 4.90 Å². The van der Waals surface area contributed by atoms with Crippen LogP contribution >= 0.6 is 0 Å². The monoisotopic (exact) mass is 360 g/mol. The fourth-order valence-corrected chi connectivity index (χ4v) is 3.66. The van der Waals surface area contributed by atoms with Crippen molar-refractivity contribution in [1.82, 2.24) is 15.0 Å². The fourth-order valence-electron chi connectivity index (χ4n) is 3.66. The molecular weight excluding hydrogens is 340 g/mol. The minimum absolute atomic E-state index is 0.00104. The zero-order valence-electron chi connectivity index (χ0n) is 14.9. The van der Waals surface area contributed by atoms with E-state index in [-0.39, 0.29) is 17.9 Å². The summed E-state index contributed by atoms with van der Waals surface area (Å²) in [6.45, 7) is 1.48. The summed E-state index contributed by atoms with van der Waals surface area (Å²) in [4.78, 5) is 23.5. The van der Waals surface area contributed by atoms with E-state index in [0.717, 1.165) is 43.7 Å². The number of benzene rings is 1. The average Bonchev–Trinajstić information content (AvgIpc) is 3.24. The first-order chi connectivity index (χ1) is 13.3. The topological polar surface area (TPSA) is 85.5 Å². The lowest BCUT2D eigenvalue weighted by molar-refractivity contribution is -0.138. The van der Waals surface area contributed by atoms with Gasteiger partial charge < -0.3 is 4.90 Å². The highest BCUT2D eigenvalue weighted by Crippen LogP contribution is 2.32. The molecule has 4 rings (SSSR count). The maximum atomic E-state index is 13.0. The van der Waals surface area contributed by atoms with Crippen molar-refractivity contribution in [1.29, 1.82) is 5.26 Å². The Morgan fingerprint density at radius 3 is 2.56 bits per heavy atom. The van der Waals surface area contributed by atoms with E-state index in [1.54, 1.807) is 11.2 Å². The third kappa shape index (κ3) is 3.51. The number of amides is 1. The minimum atomic E-state index is -0.0333. The molecular formula is C20H20N6O. The highest BCUT2D eigenvalue weighted by Gasteiger charge is 2.34. The molecule has 7 nitrogen and oxygen atoms in total. The maximum Gasteiger partial charge on any atom is 0.246 e. The molecule has 0 N–H and O–H groups in total. The van der Waals surface area contributed by atoms with Crippen LogP contribution in [0.3, 0.4) is 0 Å². The maximum absolute atomic E-state index is 13.0. The van der Waals surface area contributed by atoms with Crippen LogP contribution in [0, 0.1) is 17.2 Å². The van der Waals surface area contributed by atoms with Crippen LogP contribution in [0.5, 0.6) is 0 Å². The lowest BCUT2D eigenvalue weighted by Gasteiger charge is -2.34. The molecule has 1 unspecified atom stereocenters. The summed E-state index contributed by atoms with van der Waals surface area (Å²) in [5.41, 5.74) is 1.43. The van der Waals surface area contributed by atoms with Crippen molar-refractivity contribution in [3.05, 3.63) is 54.0 Å². The molecule has 0 radical (unpaired) electrons. The van der Waals surface area contributed by atoms with E-state index in [1.165, 1.54) is 6.20 Å². The molecule has 2 aromatic rings. The summed E-state index contributed by atoms with van der Waals surface area (Å²) in [5.74, 6) is 0.818. The van der Waals surface area contributed by atoms with E-state index in [1.807, 2.05) is 42.6 Å². The van der Waals surface area contributed by atoms with Crippen LogP contribution in [0.25, 0.3) is 0 Å². The molecule has 136 valence electrons. The number of carbonyl (C=O) groups is 1. The van der Waals surface area contributed by atoms with Gasteiger partial charge >= 0.3 is 0 Å². The highest BCUT2D eigenvalue weighted by atomic mass is 16.2. The average molecular weight is 360 g/mol. The Bertz CT molecular complexity index is 866. The molecule has 3 heterocycles. The van der Waals surface area contributed by atoms with Crippen molar-refractivity contribution in [2.24, 2.45) is 11.0 Å². The molecule has 0 saturated carbocycles. The van der Waals surface area contributed by atoms with Crippen molar-refractivity contribution in [2.75, 3.05) is 18.0 Å². The zero-order chi connectivity index (χ0) is 18.6. The van der Waals surface area contributed by atoms with Gasteiger partial charge in [-0.25, -0.2) is 15.0 Å². The lowest BCUT2D eigenvalue weighted by Crippen LogP contribution is -2.41. The first-order valence-electron chi connectivity index (χ1n) is 9.14. The lowest BCUT2D eigenvalue weighted by atomic mass is 9.94. The number of rotatable bonds is 3. The first-order valence-corrected chi connectivity index (χ1v) is 9.14. The second-order valence-electron chi connectivity index (χ2n) is 6.78. The van der Waals surface area contributed by atoms with Gasteiger partial charge in [-0.3, -0.25) is 4.79 Å². The molecule has 2 aliphatic heterocycles. The third-order valence-corrected chi connectivity index (χ3v) is 5.16. The van der Waals surface area contributed by atoms with Gasteiger partial charge in [0.1, 0.15) is 11.9 Å². The Labute approximate surface area is 158 Å². The third-order valence-electron chi connectivity index (χ3n) is 5.16. The van der Waals surface area contributed by atoms with E-state index in [9.17, 15) is 4.79 Å². The highest BCUT2D eigenvalue weighted by molar-refractivity contribution is 5.82. The van der Waals surface area contributed by atoms with E-state index >= 15 is 0 Å². The first kappa shape index (κ1) is 17.2.